The molecule has 4 unspecified atom stereocenters. The van der Waals surface area contributed by atoms with Crippen LogP contribution in [0.1, 0.15) is 93.9 Å². The second-order valence-electron chi connectivity index (χ2n) is 11.1. The lowest BCUT2D eigenvalue weighted by Crippen LogP contribution is -2.44. The van der Waals surface area contributed by atoms with Crippen LogP contribution in [0.25, 0.3) is 0 Å². The van der Waals surface area contributed by atoms with Crippen LogP contribution in [0.5, 0.6) is 0 Å². The molecule has 4 atom stereocenters. The van der Waals surface area contributed by atoms with Crippen molar-refractivity contribution in [2.24, 2.45) is 47.3 Å². The number of rotatable bonds is 2. The summed E-state index contributed by atoms with van der Waals surface area (Å²) in [6.07, 6.45) is 8.83. The number of allylic oxidation sites excluding steroid dienone is 4. The Morgan fingerprint density at radius 2 is 1.23 bits per heavy atom. The van der Waals surface area contributed by atoms with Crippen LogP contribution in [0.15, 0.2) is 22.3 Å². The van der Waals surface area contributed by atoms with Crippen LogP contribution < -0.4 is 0 Å². The van der Waals surface area contributed by atoms with Gasteiger partial charge in [-0.2, -0.15) is 0 Å². The van der Waals surface area contributed by atoms with E-state index in [1.54, 1.807) is 16.7 Å². The molecule has 0 heteroatoms. The number of hydrogen-bond donors (Lipinski definition) is 0. The van der Waals surface area contributed by atoms with Gasteiger partial charge in [-0.1, -0.05) is 50.0 Å². The van der Waals surface area contributed by atoms with Gasteiger partial charge < -0.3 is 0 Å². The fourth-order valence-corrected chi connectivity index (χ4v) is 6.95. The Kier molecular flexibility index (Phi) is 6.10. The van der Waals surface area contributed by atoms with Crippen LogP contribution in [0.4, 0.5) is 0 Å². The van der Waals surface area contributed by atoms with Gasteiger partial charge in [0.1, 0.15) is 0 Å². The quantitative estimate of drug-likeness (QED) is 0.439. The third-order valence-electron chi connectivity index (χ3n) is 8.33. The summed E-state index contributed by atoms with van der Waals surface area (Å²) in [5, 5.41) is 0. The van der Waals surface area contributed by atoms with Crippen LogP contribution in [0.3, 0.4) is 0 Å². The summed E-state index contributed by atoms with van der Waals surface area (Å²) in [5.41, 5.74) is 6.82. The summed E-state index contributed by atoms with van der Waals surface area (Å²) in [6, 6.07) is 0. The molecular formula is C26H44. The second-order valence-corrected chi connectivity index (χ2v) is 11.1. The van der Waals surface area contributed by atoms with Gasteiger partial charge in [0.25, 0.3) is 0 Å². The van der Waals surface area contributed by atoms with Crippen LogP contribution >= 0.6 is 0 Å². The van der Waals surface area contributed by atoms with E-state index in [9.17, 15) is 0 Å². The molecule has 0 spiro atoms. The lowest BCUT2D eigenvalue weighted by molar-refractivity contribution is 0.00541. The molecule has 6 rings (SSSR count). The molecular weight excluding hydrogens is 312 g/mol. The molecule has 6 fully saturated rings. The van der Waals surface area contributed by atoms with Gasteiger partial charge in [0, 0.05) is 0 Å². The summed E-state index contributed by atoms with van der Waals surface area (Å²) in [7, 11) is 0. The highest BCUT2D eigenvalue weighted by atomic mass is 14.5. The zero-order chi connectivity index (χ0) is 19.2. The van der Waals surface area contributed by atoms with E-state index in [1.807, 2.05) is 5.57 Å². The predicted molar refractivity (Wildman–Crippen MR) is 115 cm³/mol. The van der Waals surface area contributed by atoms with Gasteiger partial charge in [-0.05, 0) is 114 Å². The molecule has 0 amide bonds. The van der Waals surface area contributed by atoms with E-state index < -0.39 is 0 Å². The van der Waals surface area contributed by atoms with E-state index in [2.05, 4.69) is 55.4 Å². The lowest BCUT2D eigenvalue weighted by Gasteiger charge is -2.53. The predicted octanol–water partition coefficient (Wildman–Crippen LogP) is 8.05. The molecule has 0 radical (unpaired) electrons. The maximum atomic E-state index is 2.40. The third kappa shape index (κ3) is 3.85. The summed E-state index contributed by atoms with van der Waals surface area (Å²) >= 11 is 0. The van der Waals surface area contributed by atoms with E-state index >= 15 is 0 Å². The first-order chi connectivity index (χ1) is 12.2. The average molecular weight is 357 g/mol. The summed E-state index contributed by atoms with van der Waals surface area (Å²) in [4.78, 5) is 0. The highest BCUT2D eigenvalue weighted by Gasteiger charge is 2.46. The molecule has 0 aromatic heterocycles. The second kappa shape index (κ2) is 7.84. The first-order valence-corrected chi connectivity index (χ1v) is 11.5. The molecule has 0 aromatic rings. The van der Waals surface area contributed by atoms with Crippen molar-refractivity contribution in [3.05, 3.63) is 22.3 Å². The molecule has 6 aliphatic rings. The van der Waals surface area contributed by atoms with Crippen LogP contribution in [0.2, 0.25) is 0 Å². The summed E-state index contributed by atoms with van der Waals surface area (Å²) in [5.74, 6) is 7.96. The molecule has 0 N–H and O–H groups in total. The van der Waals surface area contributed by atoms with E-state index in [-0.39, 0.29) is 0 Å². The van der Waals surface area contributed by atoms with Crippen molar-refractivity contribution >= 4 is 0 Å². The Balaban J connectivity index is 0.000000151. The largest absolute Gasteiger partial charge is 0.0772 e. The van der Waals surface area contributed by atoms with Crippen molar-refractivity contribution in [2.45, 2.75) is 93.9 Å². The van der Waals surface area contributed by atoms with Gasteiger partial charge >= 0.3 is 0 Å². The number of fused-ring (bicyclic) bond motifs is 4. The van der Waals surface area contributed by atoms with Gasteiger partial charge in [-0.25, -0.2) is 0 Å². The minimum absolute atomic E-state index is 0.906. The van der Waals surface area contributed by atoms with Crippen molar-refractivity contribution in [1.29, 1.82) is 0 Å². The molecule has 148 valence electrons. The first-order valence-electron chi connectivity index (χ1n) is 11.5. The molecule has 0 heterocycles. The minimum atomic E-state index is 0.906. The van der Waals surface area contributed by atoms with Gasteiger partial charge in [0.05, 0.1) is 0 Å². The van der Waals surface area contributed by atoms with Crippen molar-refractivity contribution in [1.82, 2.24) is 0 Å². The molecule has 4 bridgehead atoms. The Morgan fingerprint density at radius 1 is 0.692 bits per heavy atom. The topological polar surface area (TPSA) is 0 Å². The first kappa shape index (κ1) is 20.2. The Labute approximate surface area is 163 Å². The van der Waals surface area contributed by atoms with Gasteiger partial charge in [0.2, 0.25) is 0 Å². The van der Waals surface area contributed by atoms with E-state index in [0.717, 1.165) is 47.3 Å². The highest BCUT2D eigenvalue weighted by molar-refractivity contribution is 5.27. The van der Waals surface area contributed by atoms with Crippen molar-refractivity contribution in [3.8, 4) is 0 Å². The third-order valence-corrected chi connectivity index (χ3v) is 8.33. The fourth-order valence-electron chi connectivity index (χ4n) is 6.95. The molecule has 0 nitrogen and oxygen atoms in total. The Morgan fingerprint density at radius 3 is 1.62 bits per heavy atom. The highest BCUT2D eigenvalue weighted by Crippen LogP contribution is 2.56. The van der Waals surface area contributed by atoms with Gasteiger partial charge in [0.15, 0.2) is 0 Å². The maximum absolute atomic E-state index is 2.40. The van der Waals surface area contributed by atoms with Gasteiger partial charge in [-0.3, -0.25) is 0 Å². The zero-order valence-corrected chi connectivity index (χ0v) is 18.9. The maximum Gasteiger partial charge on any atom is -0.0190 e. The molecule has 0 aromatic carbocycles. The smallest absolute Gasteiger partial charge is 0.0190 e. The standard InChI is InChI=1S/2C13H22/c2*1-8(2)10-5-11-7-12(6-10)13(11)9(3)4/h9,11-13H,5-7H2,1-4H3;8,10-12H,5-7H2,1-4H3. The normalized spacial score (nSPS) is 37.6. The molecule has 6 saturated carbocycles. The fraction of sp³-hybridized carbons (Fsp3) is 0.846. The average Bonchev–Trinajstić information content (AvgIpc) is 2.54. The van der Waals surface area contributed by atoms with Crippen molar-refractivity contribution < 1.29 is 0 Å². The van der Waals surface area contributed by atoms with Crippen LogP contribution in [-0.2, 0) is 0 Å². The van der Waals surface area contributed by atoms with E-state index in [0.29, 0.717) is 0 Å². The van der Waals surface area contributed by atoms with E-state index in [1.165, 1.54) is 38.5 Å². The minimum Gasteiger partial charge on any atom is -0.0772 e. The zero-order valence-electron chi connectivity index (χ0n) is 18.9. The SMILES string of the molecule is CC(C)=C1C2CC1CC(C(C)C)C2.CC(C)=C1CC2CC(C1)C2C(C)C. The van der Waals surface area contributed by atoms with Crippen LogP contribution in [0, 0.1) is 47.3 Å². The number of hydrogen-bond acceptors (Lipinski definition) is 0. The molecule has 26 heavy (non-hydrogen) atoms. The molecule has 0 saturated heterocycles. The van der Waals surface area contributed by atoms with Crippen molar-refractivity contribution in [2.75, 3.05) is 0 Å². The molecule has 0 aliphatic heterocycles. The van der Waals surface area contributed by atoms with Crippen LogP contribution in [-0.4, -0.2) is 0 Å². The van der Waals surface area contributed by atoms with E-state index in [4.69, 9.17) is 0 Å². The molecule has 6 aliphatic carbocycles. The summed E-state index contributed by atoms with van der Waals surface area (Å²) < 4.78 is 0. The lowest BCUT2D eigenvalue weighted by atomic mass is 9.52. The Bertz CT molecular complexity index is 537. The van der Waals surface area contributed by atoms with Gasteiger partial charge in [-0.15, -0.1) is 0 Å². The summed E-state index contributed by atoms with van der Waals surface area (Å²) in [6.45, 7) is 18.7. The monoisotopic (exact) mass is 356 g/mol. The van der Waals surface area contributed by atoms with Crippen molar-refractivity contribution in [3.63, 3.8) is 0 Å². The Hall–Kier alpha value is -0.520.